The monoisotopic (exact) mass is 447 g/mol. The van der Waals surface area contributed by atoms with E-state index < -0.39 is 35.7 Å². The number of amides is 1. The molecule has 0 fully saturated rings. The summed E-state index contributed by atoms with van der Waals surface area (Å²) >= 11 is 0. The first-order valence-electron chi connectivity index (χ1n) is 9.39. The van der Waals surface area contributed by atoms with Crippen LogP contribution < -0.4 is 5.32 Å². The fourth-order valence-corrected chi connectivity index (χ4v) is 3.10. The first-order valence-corrected chi connectivity index (χ1v) is 9.39. The fourth-order valence-electron chi connectivity index (χ4n) is 3.10. The summed E-state index contributed by atoms with van der Waals surface area (Å²) < 4.78 is 67.1. The average Bonchev–Trinajstić information content (AvgIpc) is 2.70. The zero-order valence-electron chi connectivity index (χ0n) is 17.1. The third kappa shape index (κ3) is 5.16. The third-order valence-electron chi connectivity index (χ3n) is 4.79. The van der Waals surface area contributed by atoms with Gasteiger partial charge in [-0.15, -0.1) is 0 Å². The molecule has 166 valence electrons. The van der Waals surface area contributed by atoms with Gasteiger partial charge in [-0.1, -0.05) is 18.7 Å². The van der Waals surface area contributed by atoms with E-state index in [-0.39, 0.29) is 22.5 Å². The van der Waals surface area contributed by atoms with Crippen LogP contribution in [0.15, 0.2) is 49.3 Å². The van der Waals surface area contributed by atoms with Crippen LogP contribution in [0.5, 0.6) is 0 Å². The van der Waals surface area contributed by atoms with Gasteiger partial charge in [0.25, 0.3) is 0 Å². The lowest BCUT2D eigenvalue weighted by Crippen LogP contribution is -2.17. The summed E-state index contributed by atoms with van der Waals surface area (Å²) in [5.41, 5.74) is 0.233. The van der Waals surface area contributed by atoms with Crippen molar-refractivity contribution in [1.29, 1.82) is 0 Å². The first-order chi connectivity index (χ1) is 15.0. The molecule has 0 saturated heterocycles. The highest BCUT2D eigenvalue weighted by atomic mass is 19.4. The van der Waals surface area contributed by atoms with Gasteiger partial charge in [-0.25, -0.2) is 8.78 Å². The van der Waals surface area contributed by atoms with Gasteiger partial charge in [0.05, 0.1) is 23.9 Å². The predicted molar refractivity (Wildman–Crippen MR) is 111 cm³/mol. The summed E-state index contributed by atoms with van der Waals surface area (Å²) in [6.07, 6.45) is -2.45. The SMILES string of the molecule is C=C(F)c1cc(-c2ccc(CC(=O)Nc3cnc(C)c(C(F)(F)F)c3)c(F)c2)cnc1C. The van der Waals surface area contributed by atoms with Gasteiger partial charge < -0.3 is 5.32 Å². The second kappa shape index (κ2) is 8.86. The van der Waals surface area contributed by atoms with Gasteiger partial charge in [0.1, 0.15) is 11.6 Å². The number of carbonyl (C=O) groups excluding carboxylic acids is 1. The Bertz CT molecular complexity index is 1200. The van der Waals surface area contributed by atoms with Crippen LogP contribution in [0.2, 0.25) is 0 Å². The average molecular weight is 447 g/mol. The van der Waals surface area contributed by atoms with Crippen LogP contribution in [-0.2, 0) is 17.4 Å². The normalized spacial score (nSPS) is 11.3. The molecular formula is C23H18F5N3O. The van der Waals surface area contributed by atoms with Crippen LogP contribution in [0.1, 0.15) is 28.1 Å². The summed E-state index contributed by atoms with van der Waals surface area (Å²) in [4.78, 5) is 20.0. The lowest BCUT2D eigenvalue weighted by atomic mass is 10.0. The molecule has 3 rings (SSSR count). The Balaban J connectivity index is 1.77. The van der Waals surface area contributed by atoms with Gasteiger partial charge in [0, 0.05) is 28.7 Å². The fraction of sp³-hybridized carbons (Fsp3) is 0.174. The summed E-state index contributed by atoms with van der Waals surface area (Å²) in [5.74, 6) is -2.06. The molecule has 2 aromatic heterocycles. The molecule has 1 N–H and O–H groups in total. The molecule has 32 heavy (non-hydrogen) atoms. The Morgan fingerprint density at radius 2 is 1.72 bits per heavy atom. The van der Waals surface area contributed by atoms with Crippen molar-refractivity contribution in [2.45, 2.75) is 26.4 Å². The quantitative estimate of drug-likeness (QED) is 0.485. The zero-order valence-corrected chi connectivity index (χ0v) is 17.1. The van der Waals surface area contributed by atoms with Gasteiger partial charge >= 0.3 is 6.18 Å². The molecule has 0 aliphatic heterocycles. The highest BCUT2D eigenvalue weighted by Crippen LogP contribution is 2.32. The summed E-state index contributed by atoms with van der Waals surface area (Å²) in [6, 6.07) is 6.37. The van der Waals surface area contributed by atoms with E-state index >= 15 is 0 Å². The molecule has 0 atom stereocenters. The number of nitrogens with one attached hydrogen (secondary N) is 1. The minimum absolute atomic E-state index is 0.0394. The van der Waals surface area contributed by atoms with Crippen molar-refractivity contribution >= 4 is 17.4 Å². The molecule has 4 nitrogen and oxygen atoms in total. The second-order valence-electron chi connectivity index (χ2n) is 7.15. The molecule has 3 aromatic rings. The van der Waals surface area contributed by atoms with Gasteiger partial charge in [0.15, 0.2) is 0 Å². The molecule has 0 aliphatic carbocycles. The molecule has 0 unspecified atom stereocenters. The molecule has 1 aromatic carbocycles. The number of anilines is 1. The Kier molecular flexibility index (Phi) is 6.38. The molecule has 1 amide bonds. The van der Waals surface area contributed by atoms with E-state index in [1.54, 1.807) is 6.92 Å². The van der Waals surface area contributed by atoms with E-state index in [9.17, 15) is 26.7 Å². The van der Waals surface area contributed by atoms with Crippen molar-refractivity contribution in [2.24, 2.45) is 0 Å². The highest BCUT2D eigenvalue weighted by molar-refractivity contribution is 5.92. The predicted octanol–water partition coefficient (Wildman–Crippen LogP) is 6.04. The minimum atomic E-state index is -4.61. The maximum Gasteiger partial charge on any atom is 0.418 e. The van der Waals surface area contributed by atoms with Crippen molar-refractivity contribution in [1.82, 2.24) is 9.97 Å². The van der Waals surface area contributed by atoms with Crippen molar-refractivity contribution < 1.29 is 26.7 Å². The molecule has 0 aliphatic rings. The van der Waals surface area contributed by atoms with Gasteiger partial charge in [-0.05, 0) is 43.2 Å². The summed E-state index contributed by atoms with van der Waals surface area (Å²) in [7, 11) is 0. The second-order valence-corrected chi connectivity index (χ2v) is 7.15. The minimum Gasteiger partial charge on any atom is -0.324 e. The van der Waals surface area contributed by atoms with Crippen LogP contribution in [0.3, 0.4) is 0 Å². The third-order valence-corrected chi connectivity index (χ3v) is 4.79. The number of alkyl halides is 3. The van der Waals surface area contributed by atoms with Crippen LogP contribution in [0.4, 0.5) is 27.6 Å². The standard InChI is InChI=1S/C23H18F5N3O/c1-12(24)19-6-17(10-29-13(19)2)15-4-5-16(21(25)7-15)8-22(32)31-18-9-20(23(26,27)28)14(3)30-11-18/h4-7,9-11H,1,8H2,2-3H3,(H,31,32). The number of pyridine rings is 2. The van der Waals surface area contributed by atoms with Crippen molar-refractivity contribution in [3.8, 4) is 11.1 Å². The van der Waals surface area contributed by atoms with Crippen LogP contribution in [0, 0.1) is 19.7 Å². The Morgan fingerprint density at radius 3 is 2.34 bits per heavy atom. The Morgan fingerprint density at radius 1 is 1.03 bits per heavy atom. The van der Waals surface area contributed by atoms with Crippen molar-refractivity contribution in [3.05, 3.63) is 83.2 Å². The van der Waals surface area contributed by atoms with E-state index in [2.05, 4.69) is 21.9 Å². The number of hydrogen-bond donors (Lipinski definition) is 1. The van der Waals surface area contributed by atoms with Crippen molar-refractivity contribution in [3.63, 3.8) is 0 Å². The number of aromatic nitrogens is 2. The Labute approximate surface area is 180 Å². The number of aryl methyl sites for hydroxylation is 2. The number of nitrogens with zero attached hydrogens (tertiary/aromatic N) is 2. The van der Waals surface area contributed by atoms with Crippen molar-refractivity contribution in [2.75, 3.05) is 5.32 Å². The first kappa shape index (κ1) is 23.1. The van der Waals surface area contributed by atoms with E-state index in [4.69, 9.17) is 0 Å². The topological polar surface area (TPSA) is 54.9 Å². The lowest BCUT2D eigenvalue weighted by molar-refractivity contribution is -0.138. The maximum atomic E-state index is 14.6. The van der Waals surface area contributed by atoms with Crippen LogP contribution >= 0.6 is 0 Å². The number of rotatable bonds is 5. The van der Waals surface area contributed by atoms with Crippen LogP contribution in [-0.4, -0.2) is 15.9 Å². The maximum absolute atomic E-state index is 14.6. The molecule has 2 heterocycles. The molecule has 0 bridgehead atoms. The number of halogens is 5. The molecular weight excluding hydrogens is 429 g/mol. The number of benzene rings is 1. The highest BCUT2D eigenvalue weighted by Gasteiger charge is 2.33. The molecule has 9 heteroatoms. The smallest absolute Gasteiger partial charge is 0.324 e. The molecule has 0 spiro atoms. The van der Waals surface area contributed by atoms with E-state index in [0.717, 1.165) is 12.3 Å². The number of carbonyl (C=O) groups is 1. The zero-order chi connectivity index (χ0) is 23.6. The number of hydrogen-bond acceptors (Lipinski definition) is 3. The summed E-state index contributed by atoms with van der Waals surface area (Å²) in [5, 5.41) is 2.30. The lowest BCUT2D eigenvalue weighted by Gasteiger charge is -2.12. The van der Waals surface area contributed by atoms with Crippen LogP contribution in [0.25, 0.3) is 17.0 Å². The van der Waals surface area contributed by atoms with Gasteiger partial charge in [-0.2, -0.15) is 13.2 Å². The van der Waals surface area contributed by atoms with E-state index in [1.165, 1.54) is 37.4 Å². The van der Waals surface area contributed by atoms with Gasteiger partial charge in [-0.3, -0.25) is 14.8 Å². The van der Waals surface area contributed by atoms with E-state index in [1.807, 2.05) is 0 Å². The van der Waals surface area contributed by atoms with E-state index in [0.29, 0.717) is 16.8 Å². The molecule has 0 radical (unpaired) electrons. The summed E-state index contributed by atoms with van der Waals surface area (Å²) in [6.45, 7) is 6.08. The Hall–Kier alpha value is -3.62. The largest absolute Gasteiger partial charge is 0.418 e. The molecule has 0 saturated carbocycles. The van der Waals surface area contributed by atoms with Gasteiger partial charge in [0.2, 0.25) is 5.91 Å².